The fraction of sp³-hybridized carbons (Fsp3) is 0.609. The lowest BCUT2D eigenvalue weighted by molar-refractivity contribution is -0.0358. The van der Waals surface area contributed by atoms with Crippen LogP contribution in [0.2, 0.25) is 0 Å². The van der Waals surface area contributed by atoms with E-state index in [1.165, 1.54) is 0 Å². The van der Waals surface area contributed by atoms with Crippen LogP contribution < -0.4 is 9.62 Å². The molecule has 0 spiro atoms. The molecule has 3 heterocycles. The van der Waals surface area contributed by atoms with Gasteiger partial charge in [-0.05, 0) is 51.2 Å². The molecule has 3 rings (SSSR count). The number of piperidine rings is 1. The number of pyridine rings is 1. The number of nitrogens with one attached hydrogen (secondary N) is 1. The zero-order valence-electron chi connectivity index (χ0n) is 19.9. The number of rotatable bonds is 8. The Bertz CT molecular complexity index is 1020. The molecule has 1 aliphatic rings. The minimum absolute atomic E-state index is 0.199. The highest BCUT2D eigenvalue weighted by Crippen LogP contribution is 2.34. The molecule has 9 heteroatoms. The van der Waals surface area contributed by atoms with Crippen LogP contribution in [-0.2, 0) is 20.2 Å². The molecule has 0 bridgehead atoms. The average Bonchev–Trinajstić information content (AvgIpc) is 2.78. The van der Waals surface area contributed by atoms with Crippen LogP contribution in [0.25, 0.3) is 0 Å². The zero-order valence-corrected chi connectivity index (χ0v) is 20.7. The SMILES string of the molecule is COC(C)(C)C1CCN(c2ncc(C)cc2S(=O)(=O)NCC(C)(C)c2cnccn2)CC1. The Labute approximate surface area is 191 Å². The van der Waals surface area contributed by atoms with Crippen molar-refractivity contribution in [1.29, 1.82) is 0 Å². The van der Waals surface area contributed by atoms with Crippen molar-refractivity contribution in [1.82, 2.24) is 19.7 Å². The van der Waals surface area contributed by atoms with E-state index < -0.39 is 15.4 Å². The summed E-state index contributed by atoms with van der Waals surface area (Å²) in [5.41, 5.74) is 0.823. The Hall–Kier alpha value is -2.10. The van der Waals surface area contributed by atoms with Crippen molar-refractivity contribution in [2.75, 3.05) is 31.6 Å². The Morgan fingerprint density at radius 3 is 2.41 bits per heavy atom. The van der Waals surface area contributed by atoms with Crippen molar-refractivity contribution in [3.8, 4) is 0 Å². The van der Waals surface area contributed by atoms with Crippen LogP contribution in [0.3, 0.4) is 0 Å². The van der Waals surface area contributed by atoms with Gasteiger partial charge in [0.2, 0.25) is 10.0 Å². The first kappa shape index (κ1) is 24.5. The second kappa shape index (κ2) is 9.41. The second-order valence-corrected chi connectivity index (χ2v) is 11.4. The van der Waals surface area contributed by atoms with Gasteiger partial charge in [-0.1, -0.05) is 13.8 Å². The van der Waals surface area contributed by atoms with Crippen LogP contribution in [0.15, 0.2) is 35.7 Å². The van der Waals surface area contributed by atoms with Gasteiger partial charge in [0, 0.05) is 56.9 Å². The molecule has 1 N–H and O–H groups in total. The summed E-state index contributed by atoms with van der Waals surface area (Å²) in [4.78, 5) is 15.3. The number of hydrogen-bond donors (Lipinski definition) is 1. The third-order valence-electron chi connectivity index (χ3n) is 6.52. The van der Waals surface area contributed by atoms with E-state index in [2.05, 4.69) is 38.4 Å². The maximum Gasteiger partial charge on any atom is 0.244 e. The fourth-order valence-electron chi connectivity index (χ4n) is 4.02. The lowest BCUT2D eigenvalue weighted by atomic mass is 9.83. The van der Waals surface area contributed by atoms with Crippen molar-refractivity contribution in [2.45, 2.75) is 63.4 Å². The van der Waals surface area contributed by atoms with Crippen molar-refractivity contribution < 1.29 is 13.2 Å². The largest absolute Gasteiger partial charge is 0.379 e. The maximum atomic E-state index is 13.4. The van der Waals surface area contributed by atoms with Gasteiger partial charge in [-0.2, -0.15) is 0 Å². The fourth-order valence-corrected chi connectivity index (χ4v) is 5.49. The van der Waals surface area contributed by atoms with E-state index in [-0.39, 0.29) is 17.0 Å². The van der Waals surface area contributed by atoms with E-state index in [0.717, 1.165) is 37.2 Å². The first-order chi connectivity index (χ1) is 15.0. The van der Waals surface area contributed by atoms with Gasteiger partial charge in [-0.25, -0.2) is 18.1 Å². The number of sulfonamides is 1. The van der Waals surface area contributed by atoms with Crippen molar-refractivity contribution in [2.24, 2.45) is 5.92 Å². The van der Waals surface area contributed by atoms with Crippen LogP contribution in [0, 0.1) is 12.8 Å². The molecule has 176 valence electrons. The third kappa shape index (κ3) is 5.44. The first-order valence-corrected chi connectivity index (χ1v) is 12.5. The van der Waals surface area contributed by atoms with Crippen LogP contribution in [0.4, 0.5) is 5.82 Å². The molecule has 0 amide bonds. The highest BCUT2D eigenvalue weighted by Gasteiger charge is 2.35. The summed E-state index contributed by atoms with van der Waals surface area (Å²) in [6.07, 6.45) is 8.45. The van der Waals surface area contributed by atoms with E-state index in [1.54, 1.807) is 38.0 Å². The molecule has 0 atom stereocenters. The Morgan fingerprint density at radius 2 is 1.81 bits per heavy atom. The van der Waals surface area contributed by atoms with Gasteiger partial charge in [0.15, 0.2) is 0 Å². The van der Waals surface area contributed by atoms with Crippen LogP contribution in [0.5, 0.6) is 0 Å². The second-order valence-electron chi connectivity index (χ2n) is 9.70. The Balaban J connectivity index is 1.80. The third-order valence-corrected chi connectivity index (χ3v) is 7.93. The number of hydrogen-bond acceptors (Lipinski definition) is 7. The number of aryl methyl sites for hydroxylation is 1. The molecule has 2 aromatic rings. The number of ether oxygens (including phenoxy) is 1. The molecule has 8 nitrogen and oxygen atoms in total. The van der Waals surface area contributed by atoms with Crippen LogP contribution in [-0.4, -0.2) is 55.7 Å². The van der Waals surface area contributed by atoms with Gasteiger partial charge in [0.05, 0.1) is 11.3 Å². The summed E-state index contributed by atoms with van der Waals surface area (Å²) < 4.78 is 35.2. The molecular weight excluding hydrogens is 426 g/mol. The average molecular weight is 462 g/mol. The number of anilines is 1. The van der Waals surface area contributed by atoms with Gasteiger partial charge in [0.25, 0.3) is 0 Å². The molecule has 1 aliphatic heterocycles. The first-order valence-electron chi connectivity index (χ1n) is 11.0. The summed E-state index contributed by atoms with van der Waals surface area (Å²) >= 11 is 0. The standard InChI is InChI=1S/C23H35N5O3S/c1-17-13-19(32(29,30)27-16-22(2,3)20-15-24-9-10-25-20)21(26-14-17)28-11-7-18(8-12-28)23(4,5)31-6/h9-10,13-15,18,27H,7-8,11-12,16H2,1-6H3. The maximum absolute atomic E-state index is 13.4. The van der Waals surface area contributed by atoms with Gasteiger partial charge in [-0.15, -0.1) is 0 Å². The predicted molar refractivity (Wildman–Crippen MR) is 125 cm³/mol. The van der Waals surface area contributed by atoms with E-state index in [9.17, 15) is 8.42 Å². The van der Waals surface area contributed by atoms with Crippen LogP contribution in [0.1, 0.15) is 51.8 Å². The van der Waals surface area contributed by atoms with Gasteiger partial charge >= 0.3 is 0 Å². The number of methoxy groups -OCH3 is 1. The molecule has 0 aliphatic carbocycles. The predicted octanol–water partition coefficient (Wildman–Crippen LogP) is 3.08. The van der Waals surface area contributed by atoms with Crippen molar-refractivity contribution >= 4 is 15.8 Å². The Morgan fingerprint density at radius 1 is 1.12 bits per heavy atom. The highest BCUT2D eigenvalue weighted by atomic mass is 32.2. The molecule has 0 radical (unpaired) electrons. The van der Waals surface area contributed by atoms with E-state index >= 15 is 0 Å². The highest BCUT2D eigenvalue weighted by molar-refractivity contribution is 7.89. The van der Waals surface area contributed by atoms with E-state index in [1.807, 2.05) is 20.8 Å². The molecule has 0 aromatic carbocycles. The van der Waals surface area contributed by atoms with Gasteiger partial charge in [0.1, 0.15) is 10.7 Å². The minimum Gasteiger partial charge on any atom is -0.379 e. The lowest BCUT2D eigenvalue weighted by Crippen LogP contribution is -2.44. The quantitative estimate of drug-likeness (QED) is 0.645. The summed E-state index contributed by atoms with van der Waals surface area (Å²) in [5, 5.41) is 0. The molecule has 1 fully saturated rings. The van der Waals surface area contributed by atoms with Crippen molar-refractivity contribution in [3.63, 3.8) is 0 Å². The number of nitrogens with zero attached hydrogens (tertiary/aromatic N) is 4. The summed E-state index contributed by atoms with van der Waals surface area (Å²) in [7, 11) is -2.03. The lowest BCUT2D eigenvalue weighted by Gasteiger charge is -2.40. The molecule has 1 saturated heterocycles. The minimum atomic E-state index is -3.78. The monoisotopic (exact) mass is 461 g/mol. The normalized spacial score (nSPS) is 16.4. The summed E-state index contributed by atoms with van der Waals surface area (Å²) in [5.74, 6) is 0.925. The zero-order chi connectivity index (χ0) is 23.6. The smallest absolute Gasteiger partial charge is 0.244 e. The Kier molecular flexibility index (Phi) is 7.21. The topological polar surface area (TPSA) is 97.3 Å². The van der Waals surface area contributed by atoms with Gasteiger partial charge in [-0.3, -0.25) is 9.97 Å². The molecule has 0 unspecified atom stereocenters. The van der Waals surface area contributed by atoms with Gasteiger partial charge < -0.3 is 9.64 Å². The van der Waals surface area contributed by atoms with E-state index in [0.29, 0.717) is 11.7 Å². The van der Waals surface area contributed by atoms with Crippen molar-refractivity contribution in [3.05, 3.63) is 42.1 Å². The molecule has 0 saturated carbocycles. The summed E-state index contributed by atoms with van der Waals surface area (Å²) in [6, 6.07) is 1.70. The molecule has 32 heavy (non-hydrogen) atoms. The number of aromatic nitrogens is 3. The van der Waals surface area contributed by atoms with E-state index in [4.69, 9.17) is 4.74 Å². The molecule has 2 aromatic heterocycles. The summed E-state index contributed by atoms with van der Waals surface area (Å²) in [6.45, 7) is 11.6. The van der Waals surface area contributed by atoms with Crippen LogP contribution >= 0.6 is 0 Å². The molecular formula is C23H35N5O3S.